The van der Waals surface area contributed by atoms with Crippen LogP contribution in [0.25, 0.3) is 0 Å². The van der Waals surface area contributed by atoms with Crippen molar-refractivity contribution in [3.05, 3.63) is 16.6 Å². The largest absolute Gasteiger partial charge is 0.476 e. The molecule has 60 valence electrons. The lowest BCUT2D eigenvalue weighted by molar-refractivity contribution is 0.0692. The Labute approximate surface area is 68.0 Å². The molecule has 0 spiro atoms. The zero-order valence-corrected chi connectivity index (χ0v) is 6.81. The van der Waals surface area contributed by atoms with Gasteiger partial charge < -0.3 is 10.4 Å². The number of hydrogen-bond donors (Lipinski definition) is 2. The molecule has 1 aromatic heterocycles. The fourth-order valence-corrected chi connectivity index (χ4v) is 1.39. The Morgan fingerprint density at radius 2 is 2.64 bits per heavy atom. The van der Waals surface area contributed by atoms with Crippen LogP contribution in [0.5, 0.6) is 0 Å². The quantitative estimate of drug-likeness (QED) is 0.699. The average Bonchev–Trinajstić information content (AvgIpc) is 2.37. The molecular weight excluding hydrogens is 164 g/mol. The predicted molar refractivity (Wildman–Crippen MR) is 41.8 cm³/mol. The van der Waals surface area contributed by atoms with Crippen LogP contribution < -0.4 is 5.32 Å². The summed E-state index contributed by atoms with van der Waals surface area (Å²) in [5, 5.41) is 11.4. The number of aromatic nitrogens is 1. The number of carboxylic acids is 1. The summed E-state index contributed by atoms with van der Waals surface area (Å²) in [4.78, 5) is 11.3. The van der Waals surface area contributed by atoms with Gasteiger partial charge in [-0.25, -0.2) is 4.79 Å². The second-order valence-corrected chi connectivity index (χ2v) is 2.90. The molecule has 0 aliphatic rings. The minimum absolute atomic E-state index is 0.125. The van der Waals surface area contributed by atoms with Crippen molar-refractivity contribution in [2.24, 2.45) is 0 Å². The van der Waals surface area contributed by atoms with Gasteiger partial charge in [0, 0.05) is 11.4 Å². The molecule has 1 heterocycles. The Morgan fingerprint density at radius 3 is 3.09 bits per heavy atom. The van der Waals surface area contributed by atoms with Gasteiger partial charge in [-0.3, -0.25) is 0 Å². The van der Waals surface area contributed by atoms with E-state index >= 15 is 0 Å². The Hall–Kier alpha value is -0.940. The molecule has 0 atom stereocenters. The van der Waals surface area contributed by atoms with Crippen molar-refractivity contribution >= 4 is 17.5 Å². The summed E-state index contributed by atoms with van der Waals surface area (Å²) in [6, 6.07) is 1.57. The SMILES string of the molecule is CNCc1cc(C(=O)O)ns1. The normalized spacial score (nSPS) is 9.91. The molecule has 4 nitrogen and oxygen atoms in total. The summed E-state index contributed by atoms with van der Waals surface area (Å²) in [5.41, 5.74) is 0.125. The van der Waals surface area contributed by atoms with Gasteiger partial charge in [0.2, 0.25) is 0 Å². The van der Waals surface area contributed by atoms with Crippen LogP contribution in [-0.4, -0.2) is 22.5 Å². The molecule has 1 rings (SSSR count). The van der Waals surface area contributed by atoms with E-state index in [1.54, 1.807) is 13.1 Å². The zero-order valence-electron chi connectivity index (χ0n) is 6.00. The van der Waals surface area contributed by atoms with Crippen LogP contribution in [0.4, 0.5) is 0 Å². The van der Waals surface area contributed by atoms with E-state index in [1.807, 2.05) is 0 Å². The highest BCUT2D eigenvalue weighted by atomic mass is 32.1. The smallest absolute Gasteiger partial charge is 0.355 e. The molecule has 0 bridgehead atoms. The van der Waals surface area contributed by atoms with Crippen molar-refractivity contribution in [2.75, 3.05) is 7.05 Å². The lowest BCUT2D eigenvalue weighted by Crippen LogP contribution is -2.03. The number of carbonyl (C=O) groups is 1. The topological polar surface area (TPSA) is 62.2 Å². The van der Waals surface area contributed by atoms with Crippen LogP contribution in [0.15, 0.2) is 6.07 Å². The van der Waals surface area contributed by atoms with E-state index in [9.17, 15) is 4.79 Å². The van der Waals surface area contributed by atoms with Crippen LogP contribution in [0.2, 0.25) is 0 Å². The summed E-state index contributed by atoms with van der Waals surface area (Å²) in [6.07, 6.45) is 0. The first-order valence-corrected chi connectivity index (χ1v) is 3.85. The third-order valence-electron chi connectivity index (χ3n) is 1.13. The molecule has 0 fully saturated rings. The van der Waals surface area contributed by atoms with Crippen molar-refractivity contribution < 1.29 is 9.90 Å². The summed E-state index contributed by atoms with van der Waals surface area (Å²) >= 11 is 1.21. The summed E-state index contributed by atoms with van der Waals surface area (Å²) in [7, 11) is 1.81. The lowest BCUT2D eigenvalue weighted by atomic mass is 10.4. The number of nitrogens with zero attached hydrogens (tertiary/aromatic N) is 1. The van der Waals surface area contributed by atoms with Crippen molar-refractivity contribution in [3.63, 3.8) is 0 Å². The third kappa shape index (κ3) is 1.99. The maximum atomic E-state index is 10.3. The molecule has 11 heavy (non-hydrogen) atoms. The van der Waals surface area contributed by atoms with Crippen LogP contribution >= 0.6 is 11.5 Å². The van der Waals surface area contributed by atoms with E-state index in [4.69, 9.17) is 5.11 Å². The summed E-state index contributed by atoms with van der Waals surface area (Å²) in [6.45, 7) is 0.672. The first-order valence-electron chi connectivity index (χ1n) is 3.07. The minimum Gasteiger partial charge on any atom is -0.476 e. The first-order chi connectivity index (χ1) is 5.24. The predicted octanol–water partition coefficient (Wildman–Crippen LogP) is 0.561. The molecule has 0 aromatic carbocycles. The van der Waals surface area contributed by atoms with E-state index in [0.717, 1.165) is 4.88 Å². The standard InChI is InChI=1S/C6H8N2O2S/c1-7-3-4-2-5(6(9)10)8-11-4/h2,7H,3H2,1H3,(H,9,10). The van der Waals surface area contributed by atoms with Crippen LogP contribution in [0.3, 0.4) is 0 Å². The van der Waals surface area contributed by atoms with E-state index in [0.29, 0.717) is 6.54 Å². The molecule has 0 unspecified atom stereocenters. The fraction of sp³-hybridized carbons (Fsp3) is 0.333. The highest BCUT2D eigenvalue weighted by molar-refractivity contribution is 7.05. The third-order valence-corrected chi connectivity index (χ3v) is 1.91. The summed E-state index contributed by atoms with van der Waals surface area (Å²) in [5.74, 6) is -0.969. The lowest BCUT2D eigenvalue weighted by Gasteiger charge is -1.88. The average molecular weight is 172 g/mol. The number of rotatable bonds is 3. The Bertz CT molecular complexity index is 259. The Morgan fingerprint density at radius 1 is 1.91 bits per heavy atom. The zero-order chi connectivity index (χ0) is 8.27. The monoisotopic (exact) mass is 172 g/mol. The number of carboxylic acid groups (broad SMARTS) is 1. The van der Waals surface area contributed by atoms with E-state index in [1.165, 1.54) is 11.5 Å². The van der Waals surface area contributed by atoms with E-state index in [-0.39, 0.29) is 5.69 Å². The van der Waals surface area contributed by atoms with Crippen LogP contribution in [-0.2, 0) is 6.54 Å². The van der Waals surface area contributed by atoms with Gasteiger partial charge in [-0.15, -0.1) is 0 Å². The minimum atomic E-state index is -0.969. The second kappa shape index (κ2) is 3.45. The molecule has 2 N–H and O–H groups in total. The highest BCUT2D eigenvalue weighted by Gasteiger charge is 2.07. The first kappa shape index (κ1) is 8.16. The van der Waals surface area contributed by atoms with Crippen molar-refractivity contribution in [1.29, 1.82) is 0 Å². The van der Waals surface area contributed by atoms with Crippen molar-refractivity contribution in [1.82, 2.24) is 9.69 Å². The van der Waals surface area contributed by atoms with Gasteiger partial charge in [0.25, 0.3) is 0 Å². The van der Waals surface area contributed by atoms with Gasteiger partial charge in [0.1, 0.15) is 0 Å². The molecule has 0 aliphatic carbocycles. The Balaban J connectivity index is 2.73. The van der Waals surface area contributed by atoms with Crippen LogP contribution in [0, 0.1) is 0 Å². The van der Waals surface area contributed by atoms with Gasteiger partial charge >= 0.3 is 5.97 Å². The van der Waals surface area contributed by atoms with Gasteiger partial charge in [0.05, 0.1) is 0 Å². The number of hydrogen-bond acceptors (Lipinski definition) is 4. The van der Waals surface area contributed by atoms with Crippen LogP contribution in [0.1, 0.15) is 15.4 Å². The van der Waals surface area contributed by atoms with Crippen molar-refractivity contribution in [2.45, 2.75) is 6.54 Å². The molecule has 0 aliphatic heterocycles. The Kier molecular flexibility index (Phi) is 2.56. The highest BCUT2D eigenvalue weighted by Crippen LogP contribution is 2.08. The molecule has 0 amide bonds. The van der Waals surface area contributed by atoms with Gasteiger partial charge in [-0.05, 0) is 24.6 Å². The van der Waals surface area contributed by atoms with Crippen molar-refractivity contribution in [3.8, 4) is 0 Å². The molecule has 0 saturated carbocycles. The summed E-state index contributed by atoms with van der Waals surface area (Å²) < 4.78 is 3.74. The maximum Gasteiger partial charge on any atom is 0.355 e. The number of nitrogens with one attached hydrogen (secondary N) is 1. The van der Waals surface area contributed by atoms with E-state index in [2.05, 4.69) is 9.69 Å². The second-order valence-electron chi connectivity index (χ2n) is 2.01. The van der Waals surface area contributed by atoms with Gasteiger partial charge in [0.15, 0.2) is 5.69 Å². The molecule has 5 heteroatoms. The molecule has 0 saturated heterocycles. The maximum absolute atomic E-state index is 10.3. The molecular formula is C6H8N2O2S. The van der Waals surface area contributed by atoms with Gasteiger partial charge in [-0.1, -0.05) is 0 Å². The van der Waals surface area contributed by atoms with Gasteiger partial charge in [-0.2, -0.15) is 4.37 Å². The van der Waals surface area contributed by atoms with E-state index < -0.39 is 5.97 Å². The molecule has 1 aromatic rings. The molecule has 0 radical (unpaired) electrons. The fourth-order valence-electron chi connectivity index (χ4n) is 0.671. The number of aromatic carboxylic acids is 1.